The number of nitrogens with zero attached hydrogens (tertiary/aromatic N) is 2. The average molecular weight is 256 g/mol. The fourth-order valence-electron chi connectivity index (χ4n) is 1.94. The van der Waals surface area contributed by atoms with Crippen LogP contribution in [0.3, 0.4) is 0 Å². The highest BCUT2D eigenvalue weighted by molar-refractivity contribution is 7.99. The monoisotopic (exact) mass is 256 g/mol. The predicted octanol–water partition coefficient (Wildman–Crippen LogP) is -0.0132. The van der Waals surface area contributed by atoms with Gasteiger partial charge in [0.05, 0.1) is 12.7 Å². The van der Waals surface area contributed by atoms with E-state index in [4.69, 9.17) is 4.74 Å². The van der Waals surface area contributed by atoms with Gasteiger partial charge in [0.1, 0.15) is 0 Å². The minimum Gasteiger partial charge on any atom is -0.375 e. The SMILES string of the molecule is O=c1[nH]nc(SCC2CNCCO2)n1C1CC1. The molecular formula is C10H16N4O2S. The highest BCUT2D eigenvalue weighted by atomic mass is 32.2. The van der Waals surface area contributed by atoms with E-state index in [-0.39, 0.29) is 11.8 Å². The first kappa shape index (κ1) is 11.3. The minimum absolute atomic E-state index is 0.0855. The van der Waals surface area contributed by atoms with E-state index in [9.17, 15) is 4.79 Å². The second-order valence-electron chi connectivity index (χ2n) is 4.42. The molecule has 0 spiro atoms. The van der Waals surface area contributed by atoms with Gasteiger partial charge < -0.3 is 10.1 Å². The maximum absolute atomic E-state index is 11.6. The average Bonchev–Trinajstić information content (AvgIpc) is 3.12. The lowest BCUT2D eigenvalue weighted by molar-refractivity contribution is 0.0440. The fourth-order valence-corrected chi connectivity index (χ4v) is 2.97. The molecule has 1 atom stereocenters. The number of aromatic amines is 1. The van der Waals surface area contributed by atoms with E-state index in [1.54, 1.807) is 16.3 Å². The number of H-pyrrole nitrogens is 1. The van der Waals surface area contributed by atoms with Crippen LogP contribution in [0.2, 0.25) is 0 Å². The lowest BCUT2D eigenvalue weighted by Crippen LogP contribution is -2.39. The molecule has 1 aromatic heterocycles. The summed E-state index contributed by atoms with van der Waals surface area (Å²) in [6.07, 6.45) is 2.40. The van der Waals surface area contributed by atoms with Crippen molar-refractivity contribution in [2.45, 2.75) is 30.1 Å². The van der Waals surface area contributed by atoms with Crippen molar-refractivity contribution in [2.24, 2.45) is 0 Å². The topological polar surface area (TPSA) is 71.9 Å². The van der Waals surface area contributed by atoms with Crippen molar-refractivity contribution >= 4 is 11.8 Å². The zero-order chi connectivity index (χ0) is 11.7. The lowest BCUT2D eigenvalue weighted by Gasteiger charge is -2.22. The molecule has 17 heavy (non-hydrogen) atoms. The first-order chi connectivity index (χ1) is 8.34. The summed E-state index contributed by atoms with van der Waals surface area (Å²) in [5, 5.41) is 10.7. The van der Waals surface area contributed by atoms with E-state index in [2.05, 4.69) is 15.5 Å². The quantitative estimate of drug-likeness (QED) is 0.741. The third-order valence-electron chi connectivity index (χ3n) is 2.99. The maximum atomic E-state index is 11.6. The minimum atomic E-state index is -0.0855. The van der Waals surface area contributed by atoms with Gasteiger partial charge in [-0.25, -0.2) is 9.89 Å². The van der Waals surface area contributed by atoms with Crippen molar-refractivity contribution in [1.29, 1.82) is 0 Å². The summed E-state index contributed by atoms with van der Waals surface area (Å²) in [4.78, 5) is 11.6. The van der Waals surface area contributed by atoms with Gasteiger partial charge in [-0.05, 0) is 12.8 Å². The van der Waals surface area contributed by atoms with Crippen LogP contribution in [0, 0.1) is 0 Å². The Morgan fingerprint density at radius 2 is 2.41 bits per heavy atom. The first-order valence-electron chi connectivity index (χ1n) is 5.96. The number of nitrogens with one attached hydrogen (secondary N) is 2. The molecule has 1 aromatic rings. The Labute approximate surface area is 103 Å². The van der Waals surface area contributed by atoms with Gasteiger partial charge in [-0.15, -0.1) is 5.10 Å². The van der Waals surface area contributed by atoms with Crippen LogP contribution in [-0.4, -0.2) is 46.3 Å². The Bertz CT molecular complexity index is 434. The molecule has 94 valence electrons. The van der Waals surface area contributed by atoms with Crippen LogP contribution in [-0.2, 0) is 4.74 Å². The fraction of sp³-hybridized carbons (Fsp3) is 0.800. The van der Waals surface area contributed by atoms with E-state index < -0.39 is 0 Å². The highest BCUT2D eigenvalue weighted by Gasteiger charge is 2.29. The third kappa shape index (κ3) is 2.56. The van der Waals surface area contributed by atoms with E-state index in [0.29, 0.717) is 6.04 Å². The number of morpholine rings is 1. The predicted molar refractivity (Wildman–Crippen MR) is 64.5 cm³/mol. The number of hydrogen-bond acceptors (Lipinski definition) is 5. The van der Waals surface area contributed by atoms with Gasteiger partial charge in [0.15, 0.2) is 5.16 Å². The van der Waals surface area contributed by atoms with E-state index in [0.717, 1.165) is 43.4 Å². The lowest BCUT2D eigenvalue weighted by atomic mass is 10.3. The number of aromatic nitrogens is 3. The van der Waals surface area contributed by atoms with Gasteiger partial charge in [-0.3, -0.25) is 4.57 Å². The van der Waals surface area contributed by atoms with Crippen LogP contribution in [0.1, 0.15) is 18.9 Å². The molecule has 1 saturated carbocycles. The summed E-state index contributed by atoms with van der Waals surface area (Å²) in [5.74, 6) is 0.837. The van der Waals surface area contributed by atoms with Crippen LogP contribution >= 0.6 is 11.8 Å². The Morgan fingerprint density at radius 3 is 3.12 bits per heavy atom. The molecule has 3 rings (SSSR count). The van der Waals surface area contributed by atoms with E-state index in [1.165, 1.54) is 0 Å². The van der Waals surface area contributed by atoms with Crippen LogP contribution in [0.15, 0.2) is 9.95 Å². The van der Waals surface area contributed by atoms with Crippen LogP contribution in [0.4, 0.5) is 0 Å². The number of ether oxygens (including phenoxy) is 1. The van der Waals surface area contributed by atoms with Gasteiger partial charge in [0.25, 0.3) is 0 Å². The molecule has 0 radical (unpaired) electrons. The second kappa shape index (κ2) is 4.83. The normalized spacial score (nSPS) is 25.1. The summed E-state index contributed by atoms with van der Waals surface area (Å²) >= 11 is 1.60. The molecule has 2 heterocycles. The molecule has 1 unspecified atom stereocenters. The smallest absolute Gasteiger partial charge is 0.344 e. The molecule has 1 aliphatic heterocycles. The van der Waals surface area contributed by atoms with Gasteiger partial charge >= 0.3 is 5.69 Å². The molecular weight excluding hydrogens is 240 g/mol. The number of hydrogen-bond donors (Lipinski definition) is 2. The van der Waals surface area contributed by atoms with Crippen LogP contribution < -0.4 is 11.0 Å². The Kier molecular flexibility index (Phi) is 3.21. The maximum Gasteiger partial charge on any atom is 0.344 e. The standard InChI is InChI=1S/C10H16N4O2S/c15-9-12-13-10(14(9)7-1-2-7)17-6-8-5-11-3-4-16-8/h7-8,11H,1-6H2,(H,12,15). The summed E-state index contributed by atoms with van der Waals surface area (Å²) < 4.78 is 7.39. The molecule has 0 bridgehead atoms. The molecule has 6 nitrogen and oxygen atoms in total. The molecule has 7 heteroatoms. The molecule has 0 amide bonds. The van der Waals surface area contributed by atoms with Gasteiger partial charge in [-0.1, -0.05) is 11.8 Å². The first-order valence-corrected chi connectivity index (χ1v) is 6.95. The molecule has 2 N–H and O–H groups in total. The second-order valence-corrected chi connectivity index (χ2v) is 5.41. The van der Waals surface area contributed by atoms with Crippen molar-refractivity contribution < 1.29 is 4.74 Å². The summed E-state index contributed by atoms with van der Waals surface area (Å²) in [7, 11) is 0. The molecule has 2 aliphatic rings. The van der Waals surface area contributed by atoms with Crippen molar-refractivity contribution in [3.8, 4) is 0 Å². The van der Waals surface area contributed by atoms with E-state index >= 15 is 0 Å². The summed E-state index contributed by atoms with van der Waals surface area (Å²) in [5.41, 5.74) is -0.0855. The molecule has 2 fully saturated rings. The van der Waals surface area contributed by atoms with Crippen LogP contribution in [0.5, 0.6) is 0 Å². The highest BCUT2D eigenvalue weighted by Crippen LogP contribution is 2.36. The van der Waals surface area contributed by atoms with Gasteiger partial charge in [-0.2, -0.15) is 0 Å². The summed E-state index contributed by atoms with van der Waals surface area (Å²) in [6, 6.07) is 0.370. The zero-order valence-corrected chi connectivity index (χ0v) is 10.3. The van der Waals surface area contributed by atoms with Crippen molar-refractivity contribution in [3.63, 3.8) is 0 Å². The Balaban J connectivity index is 1.62. The Hall–Kier alpha value is -0.790. The third-order valence-corrected chi connectivity index (χ3v) is 4.07. The molecule has 0 aromatic carbocycles. The molecule has 1 aliphatic carbocycles. The van der Waals surface area contributed by atoms with Crippen molar-refractivity contribution in [1.82, 2.24) is 20.1 Å². The zero-order valence-electron chi connectivity index (χ0n) is 9.52. The number of thioether (sulfide) groups is 1. The van der Waals surface area contributed by atoms with E-state index in [1.807, 2.05) is 0 Å². The Morgan fingerprint density at radius 1 is 1.53 bits per heavy atom. The van der Waals surface area contributed by atoms with Crippen LogP contribution in [0.25, 0.3) is 0 Å². The van der Waals surface area contributed by atoms with Crippen molar-refractivity contribution in [2.75, 3.05) is 25.4 Å². The summed E-state index contributed by atoms with van der Waals surface area (Å²) in [6.45, 7) is 2.57. The van der Waals surface area contributed by atoms with Crippen molar-refractivity contribution in [3.05, 3.63) is 10.5 Å². The number of rotatable bonds is 4. The largest absolute Gasteiger partial charge is 0.375 e. The van der Waals surface area contributed by atoms with Gasteiger partial charge in [0.2, 0.25) is 0 Å². The molecule has 1 saturated heterocycles. The van der Waals surface area contributed by atoms with Gasteiger partial charge in [0, 0.05) is 24.9 Å².